The number of benzene rings is 9. The smallest absolute Gasteiger partial charge is 0.0540 e. The van der Waals surface area contributed by atoms with Crippen molar-refractivity contribution in [3.63, 3.8) is 0 Å². The van der Waals surface area contributed by atoms with E-state index in [-0.39, 0.29) is 10.8 Å². The molecule has 0 aliphatic heterocycles. The van der Waals surface area contributed by atoms with Gasteiger partial charge in [-0.2, -0.15) is 0 Å². The molecule has 1 aliphatic carbocycles. The van der Waals surface area contributed by atoms with E-state index in [1.807, 2.05) is 0 Å². The average Bonchev–Trinajstić information content (AvgIpc) is 3.27. The van der Waals surface area contributed by atoms with Crippen LogP contribution in [0.15, 0.2) is 200 Å². The largest absolute Gasteiger partial charge is 0.310 e. The third-order valence-electron chi connectivity index (χ3n) is 13.3. The summed E-state index contributed by atoms with van der Waals surface area (Å²) in [6.45, 7) is 9.56. The Balaban J connectivity index is 1.10. The van der Waals surface area contributed by atoms with E-state index in [2.05, 4.69) is 233 Å². The maximum Gasteiger partial charge on any atom is 0.0540 e. The second-order valence-corrected chi connectivity index (χ2v) is 16.8. The third-order valence-corrected chi connectivity index (χ3v) is 13.3. The minimum absolute atomic E-state index is 0.0133. The van der Waals surface area contributed by atoms with Crippen molar-refractivity contribution < 1.29 is 0 Å². The van der Waals surface area contributed by atoms with Crippen LogP contribution in [0.25, 0.3) is 65.3 Å². The molecule has 0 N–H and O–H groups in total. The molecule has 0 heterocycles. The summed E-state index contributed by atoms with van der Waals surface area (Å²) in [5.41, 5.74) is 10.8. The van der Waals surface area contributed by atoms with Gasteiger partial charge in [0, 0.05) is 16.9 Å². The van der Waals surface area contributed by atoms with Crippen LogP contribution in [0, 0.1) is 12.3 Å². The summed E-state index contributed by atoms with van der Waals surface area (Å²) in [4.78, 5) is 2.49. The molecular weight excluding hydrogens is 699 g/mol. The fourth-order valence-electron chi connectivity index (χ4n) is 9.53. The van der Waals surface area contributed by atoms with E-state index in [4.69, 9.17) is 0 Å². The number of rotatable bonds is 7. The standard InChI is InChI=1S/C57H47N/c1-39-53(56(2,3)57(4)35-12-5-13-36-57)20-14-22-54(39)58(55-21-11-10-19-50(55)46-24-23-40-15-6-7-17-43(40)37-46)47-30-25-41(26-31-47)44-28-32-49-45(38-44)29-34-51-48-18-9-8-16-42(48)27-33-52(49)51/h5-35,37-38H,36H2,1-4H3. The SMILES string of the molecule is Cc1c(N(c2ccc(-c3ccc4c(ccc5c6ccccc6ccc45)c3)cc2)c2ccccc2-c2ccc3ccccc3c2)cccc1C(C)(C)C1(C)C=CC=CC1. The molecule has 1 nitrogen and oxygen atoms in total. The van der Waals surface area contributed by atoms with Gasteiger partial charge in [0.1, 0.15) is 0 Å². The van der Waals surface area contributed by atoms with Crippen LogP contribution in [0.4, 0.5) is 17.1 Å². The minimum Gasteiger partial charge on any atom is -0.310 e. The van der Waals surface area contributed by atoms with Gasteiger partial charge in [-0.15, -0.1) is 0 Å². The van der Waals surface area contributed by atoms with Crippen molar-refractivity contribution >= 4 is 60.2 Å². The maximum absolute atomic E-state index is 2.49. The van der Waals surface area contributed by atoms with Crippen LogP contribution in [-0.2, 0) is 5.41 Å². The van der Waals surface area contributed by atoms with Gasteiger partial charge in [-0.1, -0.05) is 185 Å². The summed E-state index contributed by atoms with van der Waals surface area (Å²) >= 11 is 0. The van der Waals surface area contributed by atoms with Crippen molar-refractivity contribution in [2.24, 2.45) is 5.41 Å². The van der Waals surface area contributed by atoms with Gasteiger partial charge in [0.15, 0.2) is 0 Å². The highest BCUT2D eigenvalue weighted by Crippen LogP contribution is 2.51. The zero-order valence-electron chi connectivity index (χ0n) is 33.7. The lowest BCUT2D eigenvalue weighted by Gasteiger charge is -2.45. The van der Waals surface area contributed by atoms with Crippen molar-refractivity contribution in [3.8, 4) is 22.3 Å². The van der Waals surface area contributed by atoms with Gasteiger partial charge in [-0.3, -0.25) is 0 Å². The van der Waals surface area contributed by atoms with Crippen LogP contribution >= 0.6 is 0 Å². The lowest BCUT2D eigenvalue weighted by molar-refractivity contribution is 0.239. The van der Waals surface area contributed by atoms with Gasteiger partial charge in [-0.25, -0.2) is 0 Å². The molecule has 10 rings (SSSR count). The molecule has 0 fully saturated rings. The molecule has 0 aromatic heterocycles. The number of hydrogen-bond acceptors (Lipinski definition) is 1. The van der Waals surface area contributed by atoms with Crippen molar-refractivity contribution in [1.29, 1.82) is 0 Å². The number of hydrogen-bond donors (Lipinski definition) is 0. The van der Waals surface area contributed by atoms with Crippen LogP contribution in [0.3, 0.4) is 0 Å². The highest BCUT2D eigenvalue weighted by molar-refractivity contribution is 6.17. The fraction of sp³-hybridized carbons (Fsp3) is 0.123. The topological polar surface area (TPSA) is 3.24 Å². The number of allylic oxidation sites excluding steroid dienone is 4. The Morgan fingerprint density at radius 3 is 1.88 bits per heavy atom. The van der Waals surface area contributed by atoms with Gasteiger partial charge in [-0.05, 0) is 131 Å². The predicted octanol–water partition coefficient (Wildman–Crippen LogP) is 16.2. The van der Waals surface area contributed by atoms with Crippen molar-refractivity contribution in [3.05, 3.63) is 211 Å². The zero-order valence-corrected chi connectivity index (χ0v) is 33.7. The Morgan fingerprint density at radius 1 is 0.483 bits per heavy atom. The summed E-state index contributed by atoms with van der Waals surface area (Å²) in [6.07, 6.45) is 10.1. The van der Waals surface area contributed by atoms with Crippen LogP contribution in [0.1, 0.15) is 38.3 Å². The molecule has 0 bridgehead atoms. The van der Waals surface area contributed by atoms with Crippen LogP contribution < -0.4 is 4.90 Å². The van der Waals surface area contributed by atoms with Gasteiger partial charge >= 0.3 is 0 Å². The quantitative estimate of drug-likeness (QED) is 0.147. The van der Waals surface area contributed by atoms with Crippen molar-refractivity contribution in [2.45, 2.75) is 39.5 Å². The van der Waals surface area contributed by atoms with E-state index in [1.165, 1.54) is 82.2 Å². The number of para-hydroxylation sites is 1. The van der Waals surface area contributed by atoms with Crippen LogP contribution in [0.2, 0.25) is 0 Å². The molecular formula is C57H47N. The van der Waals surface area contributed by atoms with Gasteiger partial charge < -0.3 is 4.90 Å². The Labute approximate surface area is 342 Å². The molecule has 0 radical (unpaired) electrons. The van der Waals surface area contributed by atoms with E-state index in [0.717, 1.165) is 17.8 Å². The number of anilines is 3. The molecule has 1 unspecified atom stereocenters. The predicted molar refractivity (Wildman–Crippen MR) is 251 cm³/mol. The maximum atomic E-state index is 2.49. The molecule has 58 heavy (non-hydrogen) atoms. The molecule has 0 amide bonds. The summed E-state index contributed by atoms with van der Waals surface area (Å²) in [5, 5.41) is 10.2. The molecule has 1 aliphatic rings. The lowest BCUT2D eigenvalue weighted by Crippen LogP contribution is -2.38. The van der Waals surface area contributed by atoms with E-state index < -0.39 is 0 Å². The molecule has 0 spiro atoms. The first kappa shape index (κ1) is 35.7. The molecule has 0 saturated heterocycles. The molecule has 9 aromatic rings. The average molecular weight is 746 g/mol. The molecule has 1 atom stereocenters. The van der Waals surface area contributed by atoms with Crippen molar-refractivity contribution in [1.82, 2.24) is 0 Å². The Morgan fingerprint density at radius 2 is 1.09 bits per heavy atom. The summed E-state index contributed by atoms with van der Waals surface area (Å²) in [5.74, 6) is 0. The highest BCUT2D eigenvalue weighted by atomic mass is 15.1. The van der Waals surface area contributed by atoms with E-state index in [1.54, 1.807) is 0 Å². The van der Waals surface area contributed by atoms with Gasteiger partial charge in [0.2, 0.25) is 0 Å². The lowest BCUT2D eigenvalue weighted by atomic mass is 9.59. The first-order valence-corrected chi connectivity index (χ1v) is 20.6. The van der Waals surface area contributed by atoms with E-state index in [9.17, 15) is 0 Å². The molecule has 9 aromatic carbocycles. The first-order chi connectivity index (χ1) is 28.3. The minimum atomic E-state index is -0.115. The Hall–Kier alpha value is -6.70. The molecule has 280 valence electrons. The zero-order chi connectivity index (χ0) is 39.4. The first-order valence-electron chi connectivity index (χ1n) is 20.6. The Kier molecular flexibility index (Phi) is 8.64. The molecule has 0 saturated carbocycles. The Bertz CT molecular complexity index is 3090. The van der Waals surface area contributed by atoms with E-state index in [0.29, 0.717) is 0 Å². The number of nitrogens with zero attached hydrogens (tertiary/aromatic N) is 1. The van der Waals surface area contributed by atoms with Gasteiger partial charge in [0.05, 0.1) is 5.69 Å². The summed E-state index contributed by atoms with van der Waals surface area (Å²) in [6, 6.07) is 65.1. The normalized spacial score (nSPS) is 15.4. The second kappa shape index (κ2) is 14.0. The highest BCUT2D eigenvalue weighted by Gasteiger charge is 2.41. The van der Waals surface area contributed by atoms with Crippen LogP contribution in [-0.4, -0.2) is 0 Å². The van der Waals surface area contributed by atoms with Gasteiger partial charge in [0.25, 0.3) is 0 Å². The number of fused-ring (bicyclic) bond motifs is 6. The van der Waals surface area contributed by atoms with Crippen LogP contribution in [0.5, 0.6) is 0 Å². The summed E-state index contributed by atoms with van der Waals surface area (Å²) < 4.78 is 0. The second-order valence-electron chi connectivity index (χ2n) is 16.8. The van der Waals surface area contributed by atoms with E-state index >= 15 is 0 Å². The molecule has 1 heteroatoms. The third kappa shape index (κ3) is 5.93. The fourth-order valence-corrected chi connectivity index (χ4v) is 9.53. The monoisotopic (exact) mass is 745 g/mol. The summed E-state index contributed by atoms with van der Waals surface area (Å²) in [7, 11) is 0. The van der Waals surface area contributed by atoms with Crippen molar-refractivity contribution in [2.75, 3.05) is 4.90 Å².